The minimum absolute atomic E-state index is 0.191. The molecule has 146 valence electrons. The molecule has 1 aliphatic heterocycles. The maximum atomic E-state index is 13.3. The van der Waals surface area contributed by atoms with Gasteiger partial charge in [-0.05, 0) is 42.0 Å². The van der Waals surface area contributed by atoms with Crippen molar-refractivity contribution in [2.45, 2.75) is 18.6 Å². The largest absolute Gasteiger partial charge is 0.375 e. The molecular formula is C22H16BrClN2O3. The van der Waals surface area contributed by atoms with Gasteiger partial charge in [-0.15, -0.1) is 0 Å². The number of hydrogen-bond donors (Lipinski definition) is 1. The molecule has 0 aliphatic carbocycles. The third-order valence-corrected chi connectivity index (χ3v) is 5.84. The maximum Gasteiger partial charge on any atom is 0.264 e. The highest BCUT2D eigenvalue weighted by atomic mass is 79.9. The predicted molar refractivity (Wildman–Crippen MR) is 114 cm³/mol. The summed E-state index contributed by atoms with van der Waals surface area (Å²) in [7, 11) is 0. The first-order valence-corrected chi connectivity index (χ1v) is 10.1. The molecule has 1 aromatic heterocycles. The zero-order valence-electron chi connectivity index (χ0n) is 15.2. The van der Waals surface area contributed by atoms with Crippen molar-refractivity contribution in [3.05, 3.63) is 93.2 Å². The average Bonchev–Trinajstić information content (AvgIpc) is 2.92. The summed E-state index contributed by atoms with van der Waals surface area (Å²) in [6, 6.07) is 15.7. The van der Waals surface area contributed by atoms with Crippen molar-refractivity contribution in [3.63, 3.8) is 0 Å². The molecule has 0 bridgehead atoms. The van der Waals surface area contributed by atoms with Crippen LogP contribution < -0.4 is 4.90 Å². The van der Waals surface area contributed by atoms with E-state index < -0.39 is 11.5 Å². The highest BCUT2D eigenvalue weighted by Gasteiger charge is 2.51. The number of anilines is 1. The Bertz CT molecular complexity index is 1110. The van der Waals surface area contributed by atoms with Gasteiger partial charge in [0.25, 0.3) is 5.91 Å². The Morgan fingerprint density at radius 2 is 1.97 bits per heavy atom. The molecule has 29 heavy (non-hydrogen) atoms. The molecule has 1 atom stereocenters. The molecule has 0 fully saturated rings. The number of pyridine rings is 1. The number of halogens is 2. The fourth-order valence-corrected chi connectivity index (χ4v) is 4.07. The van der Waals surface area contributed by atoms with Gasteiger partial charge >= 0.3 is 0 Å². The number of Topliss-reactive ketones (excluding diaryl/α,β-unsaturated/α-hetero) is 1. The lowest BCUT2D eigenvalue weighted by Crippen LogP contribution is -2.41. The van der Waals surface area contributed by atoms with Gasteiger partial charge in [-0.1, -0.05) is 45.7 Å². The molecular weight excluding hydrogens is 456 g/mol. The number of rotatable bonds is 5. The van der Waals surface area contributed by atoms with Crippen molar-refractivity contribution >= 4 is 44.9 Å². The molecule has 1 N–H and O–H groups in total. The van der Waals surface area contributed by atoms with Crippen LogP contribution in [-0.4, -0.2) is 21.8 Å². The van der Waals surface area contributed by atoms with E-state index in [4.69, 9.17) is 11.6 Å². The van der Waals surface area contributed by atoms with Crippen molar-refractivity contribution < 1.29 is 14.7 Å². The average molecular weight is 472 g/mol. The Morgan fingerprint density at radius 1 is 1.17 bits per heavy atom. The molecule has 0 unspecified atom stereocenters. The topological polar surface area (TPSA) is 70.5 Å². The van der Waals surface area contributed by atoms with Crippen LogP contribution in [0.2, 0.25) is 5.02 Å². The van der Waals surface area contributed by atoms with Gasteiger partial charge in [-0.25, -0.2) is 0 Å². The van der Waals surface area contributed by atoms with E-state index in [1.54, 1.807) is 42.6 Å². The number of amides is 1. The Hall–Kier alpha value is -2.54. The molecule has 4 rings (SSSR count). The van der Waals surface area contributed by atoms with Gasteiger partial charge in [0.2, 0.25) is 0 Å². The second-order valence-electron chi connectivity index (χ2n) is 6.85. The molecule has 0 saturated carbocycles. The first kappa shape index (κ1) is 19.8. The molecule has 0 spiro atoms. The van der Waals surface area contributed by atoms with Crippen molar-refractivity contribution in [1.29, 1.82) is 0 Å². The Labute approximate surface area is 181 Å². The third kappa shape index (κ3) is 3.59. The molecule has 2 heterocycles. The van der Waals surface area contributed by atoms with Crippen LogP contribution in [-0.2, 0) is 16.9 Å². The summed E-state index contributed by atoms with van der Waals surface area (Å²) in [6.45, 7) is 0.191. The van der Waals surface area contributed by atoms with Gasteiger partial charge in [-0.2, -0.15) is 0 Å². The van der Waals surface area contributed by atoms with E-state index in [0.717, 1.165) is 5.56 Å². The third-order valence-electron chi connectivity index (χ3n) is 4.98. The zero-order valence-corrected chi connectivity index (χ0v) is 17.5. The van der Waals surface area contributed by atoms with Crippen LogP contribution in [0.15, 0.2) is 71.5 Å². The van der Waals surface area contributed by atoms with Gasteiger partial charge in [0.1, 0.15) is 0 Å². The Morgan fingerprint density at radius 3 is 2.69 bits per heavy atom. The first-order valence-electron chi connectivity index (χ1n) is 8.91. The summed E-state index contributed by atoms with van der Waals surface area (Å²) < 4.78 is 0.705. The fourth-order valence-electron chi connectivity index (χ4n) is 3.51. The number of hydrogen-bond acceptors (Lipinski definition) is 4. The number of carbonyl (C=O) groups is 2. The summed E-state index contributed by atoms with van der Waals surface area (Å²) in [6.07, 6.45) is 2.61. The zero-order chi connectivity index (χ0) is 20.6. The standard InChI is InChI=1S/C22H16BrClN2O3/c23-16-7-8-19-17(10-16)22(29,11-20(27)14-5-3-9-25-12-14)21(28)26(19)13-15-4-1-2-6-18(15)24/h1-10,12,29H,11,13H2/t22-/m0/s1. The van der Waals surface area contributed by atoms with E-state index in [9.17, 15) is 14.7 Å². The molecule has 3 aromatic rings. The summed E-state index contributed by atoms with van der Waals surface area (Å²) >= 11 is 9.66. The highest BCUT2D eigenvalue weighted by Crippen LogP contribution is 2.45. The second kappa shape index (κ2) is 7.71. The maximum absolute atomic E-state index is 13.3. The normalized spacial score (nSPS) is 18.0. The number of fused-ring (bicyclic) bond motifs is 1. The van der Waals surface area contributed by atoms with Crippen molar-refractivity contribution in [2.24, 2.45) is 0 Å². The minimum atomic E-state index is -1.96. The first-order chi connectivity index (χ1) is 13.9. The quantitative estimate of drug-likeness (QED) is 0.556. The van der Waals surface area contributed by atoms with E-state index in [2.05, 4.69) is 20.9 Å². The SMILES string of the molecule is O=C(C[C@@]1(O)C(=O)N(Cc2ccccc2Cl)c2ccc(Br)cc21)c1cccnc1. The number of aromatic nitrogens is 1. The van der Waals surface area contributed by atoms with Crippen LogP contribution in [0, 0.1) is 0 Å². The fraction of sp³-hybridized carbons (Fsp3) is 0.136. The molecule has 7 heteroatoms. The van der Waals surface area contributed by atoms with Gasteiger partial charge < -0.3 is 10.0 Å². The van der Waals surface area contributed by atoms with Crippen molar-refractivity contribution in [2.75, 3.05) is 4.90 Å². The second-order valence-corrected chi connectivity index (χ2v) is 8.17. The van der Waals surface area contributed by atoms with E-state index in [0.29, 0.717) is 26.3 Å². The summed E-state index contributed by atoms with van der Waals surface area (Å²) in [5.41, 5.74) is 0.0719. The van der Waals surface area contributed by atoms with Crippen LogP contribution in [0.25, 0.3) is 0 Å². The van der Waals surface area contributed by atoms with Crippen molar-refractivity contribution in [1.82, 2.24) is 4.98 Å². The predicted octanol–water partition coefficient (Wildman–Crippen LogP) is 4.50. The lowest BCUT2D eigenvalue weighted by Gasteiger charge is -2.23. The van der Waals surface area contributed by atoms with E-state index in [-0.39, 0.29) is 18.7 Å². The number of aliphatic hydroxyl groups is 1. The smallest absolute Gasteiger partial charge is 0.264 e. The molecule has 0 radical (unpaired) electrons. The molecule has 1 aliphatic rings. The molecule has 5 nitrogen and oxygen atoms in total. The van der Waals surface area contributed by atoms with Crippen LogP contribution in [0.1, 0.15) is 27.9 Å². The monoisotopic (exact) mass is 470 g/mol. The van der Waals surface area contributed by atoms with E-state index in [1.165, 1.54) is 11.1 Å². The molecule has 2 aromatic carbocycles. The number of benzene rings is 2. The lowest BCUT2D eigenvalue weighted by atomic mass is 9.88. The summed E-state index contributed by atoms with van der Waals surface area (Å²) in [5.74, 6) is -0.915. The van der Waals surface area contributed by atoms with Gasteiger partial charge in [0, 0.05) is 33.0 Å². The van der Waals surface area contributed by atoms with Crippen LogP contribution in [0.4, 0.5) is 5.69 Å². The van der Waals surface area contributed by atoms with E-state index >= 15 is 0 Å². The highest BCUT2D eigenvalue weighted by molar-refractivity contribution is 9.10. The Balaban J connectivity index is 1.73. The van der Waals surface area contributed by atoms with Crippen LogP contribution >= 0.6 is 27.5 Å². The molecule has 0 saturated heterocycles. The molecule has 1 amide bonds. The minimum Gasteiger partial charge on any atom is -0.375 e. The van der Waals surface area contributed by atoms with E-state index in [1.807, 2.05) is 18.2 Å². The van der Waals surface area contributed by atoms with Gasteiger partial charge in [-0.3, -0.25) is 14.6 Å². The Kier molecular flexibility index (Phi) is 5.25. The van der Waals surface area contributed by atoms with Gasteiger partial charge in [0.05, 0.1) is 18.7 Å². The number of nitrogens with zero attached hydrogens (tertiary/aromatic N) is 2. The van der Waals surface area contributed by atoms with Crippen LogP contribution in [0.3, 0.4) is 0 Å². The van der Waals surface area contributed by atoms with Crippen molar-refractivity contribution in [3.8, 4) is 0 Å². The lowest BCUT2D eigenvalue weighted by molar-refractivity contribution is -0.136. The number of ketones is 1. The summed E-state index contributed by atoms with van der Waals surface area (Å²) in [5, 5.41) is 11.9. The van der Waals surface area contributed by atoms with Crippen LogP contribution in [0.5, 0.6) is 0 Å². The summed E-state index contributed by atoms with van der Waals surface area (Å²) in [4.78, 5) is 31.5. The number of carbonyl (C=O) groups excluding carboxylic acids is 2. The van der Waals surface area contributed by atoms with Gasteiger partial charge in [0.15, 0.2) is 11.4 Å².